The number of pyridine rings is 1. The molecule has 1 aliphatic rings. The Hall–Kier alpha value is -2.39. The molecule has 4 heteroatoms. The number of hydrazone groups is 1. The molecule has 0 bridgehead atoms. The second kappa shape index (κ2) is 5.43. The summed E-state index contributed by atoms with van der Waals surface area (Å²) in [4.78, 5) is 4.42. The van der Waals surface area contributed by atoms with Crippen LogP contribution in [0.15, 0.2) is 65.9 Å². The molecule has 1 unspecified atom stereocenters. The highest BCUT2D eigenvalue weighted by Gasteiger charge is 2.21. The smallest absolute Gasteiger partial charge is 0.0746 e. The Morgan fingerprint density at radius 2 is 1.91 bits per heavy atom. The molecule has 2 aromatic carbocycles. The first-order valence-electron chi connectivity index (χ1n) is 7.22. The summed E-state index contributed by atoms with van der Waals surface area (Å²) in [6, 6.07) is 18.4. The van der Waals surface area contributed by atoms with Crippen molar-refractivity contribution in [3.05, 3.63) is 76.9 Å². The lowest BCUT2D eigenvalue weighted by Gasteiger charge is -2.11. The van der Waals surface area contributed by atoms with E-state index >= 15 is 0 Å². The van der Waals surface area contributed by atoms with Gasteiger partial charge in [0.15, 0.2) is 0 Å². The number of aromatic nitrogens is 1. The number of benzene rings is 2. The molecule has 3 aromatic rings. The zero-order valence-electron chi connectivity index (χ0n) is 11.8. The van der Waals surface area contributed by atoms with E-state index < -0.39 is 0 Å². The predicted molar refractivity (Wildman–Crippen MR) is 90.2 cm³/mol. The van der Waals surface area contributed by atoms with Crippen molar-refractivity contribution in [1.82, 2.24) is 10.4 Å². The van der Waals surface area contributed by atoms with E-state index in [2.05, 4.69) is 39.8 Å². The predicted octanol–water partition coefficient (Wildman–Crippen LogP) is 4.33. The maximum absolute atomic E-state index is 5.94. The Morgan fingerprint density at radius 1 is 1.05 bits per heavy atom. The summed E-state index contributed by atoms with van der Waals surface area (Å²) in [7, 11) is 0. The van der Waals surface area contributed by atoms with Crippen LogP contribution in [-0.2, 0) is 0 Å². The summed E-state index contributed by atoms with van der Waals surface area (Å²) >= 11 is 5.94. The van der Waals surface area contributed by atoms with Crippen molar-refractivity contribution in [2.75, 3.05) is 0 Å². The van der Waals surface area contributed by atoms with Gasteiger partial charge in [0.05, 0.1) is 17.3 Å². The van der Waals surface area contributed by atoms with Crippen molar-refractivity contribution in [2.24, 2.45) is 5.10 Å². The number of hydrogen-bond acceptors (Lipinski definition) is 3. The van der Waals surface area contributed by atoms with Gasteiger partial charge in [0.2, 0.25) is 0 Å². The Balaban J connectivity index is 1.58. The molecule has 1 N–H and O–H groups in total. The third-order valence-electron chi connectivity index (χ3n) is 3.96. The summed E-state index contributed by atoms with van der Waals surface area (Å²) < 4.78 is 0. The molecule has 1 atom stereocenters. The first kappa shape index (κ1) is 13.3. The van der Waals surface area contributed by atoms with Crippen LogP contribution in [0.4, 0.5) is 0 Å². The maximum atomic E-state index is 5.94. The minimum atomic E-state index is 0.192. The molecule has 4 rings (SSSR count). The fourth-order valence-electron chi connectivity index (χ4n) is 2.76. The van der Waals surface area contributed by atoms with Crippen LogP contribution in [0.25, 0.3) is 10.9 Å². The van der Waals surface area contributed by atoms with Crippen LogP contribution >= 0.6 is 11.6 Å². The lowest BCUT2D eigenvalue weighted by atomic mass is 9.98. The van der Waals surface area contributed by atoms with Crippen molar-refractivity contribution in [2.45, 2.75) is 12.5 Å². The molecule has 0 aliphatic carbocycles. The first-order valence-corrected chi connectivity index (χ1v) is 7.60. The average Bonchev–Trinajstić information content (AvgIpc) is 3.05. The number of nitrogens with zero attached hydrogens (tertiary/aromatic N) is 2. The van der Waals surface area contributed by atoms with Gasteiger partial charge in [-0.05, 0) is 35.4 Å². The highest BCUT2D eigenvalue weighted by Crippen LogP contribution is 2.27. The van der Waals surface area contributed by atoms with Crippen molar-refractivity contribution < 1.29 is 0 Å². The molecule has 0 spiro atoms. The van der Waals surface area contributed by atoms with Crippen LogP contribution in [0.1, 0.15) is 23.6 Å². The van der Waals surface area contributed by atoms with E-state index in [0.29, 0.717) is 0 Å². The molecule has 108 valence electrons. The molecule has 0 saturated heterocycles. The Bertz CT molecular complexity index is 856. The molecule has 0 saturated carbocycles. The van der Waals surface area contributed by atoms with Gasteiger partial charge in [0.25, 0.3) is 0 Å². The molecular weight excluding hydrogens is 294 g/mol. The van der Waals surface area contributed by atoms with Crippen LogP contribution in [0.5, 0.6) is 0 Å². The third kappa shape index (κ3) is 2.44. The summed E-state index contributed by atoms with van der Waals surface area (Å²) in [6.45, 7) is 0. The second-order valence-electron chi connectivity index (χ2n) is 5.41. The standard InChI is InChI=1S/C18H14ClN3/c19-15-7-5-13(6-8-15)17-11-18(22-21-17)14-4-3-12-2-1-9-20-16(12)10-14/h1-10,18,22H,11H2. The van der Waals surface area contributed by atoms with Gasteiger partial charge in [-0.15, -0.1) is 0 Å². The number of fused-ring (bicyclic) bond motifs is 1. The topological polar surface area (TPSA) is 37.3 Å². The first-order chi connectivity index (χ1) is 10.8. The van der Waals surface area contributed by atoms with Gasteiger partial charge in [-0.3, -0.25) is 4.98 Å². The lowest BCUT2D eigenvalue weighted by Crippen LogP contribution is -2.09. The van der Waals surface area contributed by atoms with Crippen LogP contribution in [0.2, 0.25) is 5.02 Å². The van der Waals surface area contributed by atoms with Crippen LogP contribution in [0, 0.1) is 0 Å². The summed E-state index contributed by atoms with van der Waals surface area (Å²) in [6.07, 6.45) is 2.68. The van der Waals surface area contributed by atoms with E-state index in [1.54, 1.807) is 0 Å². The number of nitrogens with one attached hydrogen (secondary N) is 1. The zero-order valence-corrected chi connectivity index (χ0v) is 12.6. The minimum absolute atomic E-state index is 0.192. The van der Waals surface area contributed by atoms with E-state index in [4.69, 9.17) is 11.6 Å². The van der Waals surface area contributed by atoms with Gasteiger partial charge in [0.1, 0.15) is 0 Å². The van der Waals surface area contributed by atoms with E-state index in [9.17, 15) is 0 Å². The average molecular weight is 308 g/mol. The third-order valence-corrected chi connectivity index (χ3v) is 4.21. The van der Waals surface area contributed by atoms with Gasteiger partial charge >= 0.3 is 0 Å². The number of hydrogen-bond donors (Lipinski definition) is 1. The maximum Gasteiger partial charge on any atom is 0.0746 e. The zero-order chi connectivity index (χ0) is 14.9. The highest BCUT2D eigenvalue weighted by atomic mass is 35.5. The van der Waals surface area contributed by atoms with E-state index in [1.807, 2.05) is 36.5 Å². The Labute approximate surface area is 133 Å². The molecule has 1 aromatic heterocycles. The number of rotatable bonds is 2. The normalized spacial score (nSPS) is 17.3. The summed E-state index contributed by atoms with van der Waals surface area (Å²) in [5.41, 5.74) is 7.62. The summed E-state index contributed by atoms with van der Waals surface area (Å²) in [5.74, 6) is 0. The van der Waals surface area contributed by atoms with Gasteiger partial charge in [-0.25, -0.2) is 0 Å². The van der Waals surface area contributed by atoms with Crippen LogP contribution < -0.4 is 5.43 Å². The fourth-order valence-corrected chi connectivity index (χ4v) is 2.88. The molecule has 3 nitrogen and oxygen atoms in total. The van der Waals surface area contributed by atoms with Gasteiger partial charge in [0, 0.05) is 23.0 Å². The monoisotopic (exact) mass is 307 g/mol. The van der Waals surface area contributed by atoms with Crippen molar-refractivity contribution in [1.29, 1.82) is 0 Å². The minimum Gasteiger partial charge on any atom is -0.302 e. The molecule has 0 radical (unpaired) electrons. The van der Waals surface area contributed by atoms with Crippen molar-refractivity contribution in [3.63, 3.8) is 0 Å². The highest BCUT2D eigenvalue weighted by molar-refractivity contribution is 6.30. The van der Waals surface area contributed by atoms with Crippen LogP contribution in [0.3, 0.4) is 0 Å². The van der Waals surface area contributed by atoms with E-state index in [-0.39, 0.29) is 6.04 Å². The second-order valence-corrected chi connectivity index (χ2v) is 5.84. The molecule has 1 aliphatic heterocycles. The molecule has 0 amide bonds. The van der Waals surface area contributed by atoms with Gasteiger partial charge in [-0.2, -0.15) is 5.10 Å². The van der Waals surface area contributed by atoms with Gasteiger partial charge in [-0.1, -0.05) is 41.9 Å². The lowest BCUT2D eigenvalue weighted by molar-refractivity contribution is 0.620. The molecule has 0 fully saturated rings. The quantitative estimate of drug-likeness (QED) is 0.765. The van der Waals surface area contributed by atoms with Crippen molar-refractivity contribution >= 4 is 28.2 Å². The van der Waals surface area contributed by atoms with E-state index in [1.165, 1.54) is 5.56 Å². The molecule has 22 heavy (non-hydrogen) atoms. The van der Waals surface area contributed by atoms with Crippen LogP contribution in [-0.4, -0.2) is 10.7 Å². The molecule has 2 heterocycles. The number of halogens is 1. The van der Waals surface area contributed by atoms with Gasteiger partial charge < -0.3 is 5.43 Å². The SMILES string of the molecule is Clc1ccc(C2=NNC(c3ccc4cccnc4c3)C2)cc1. The Kier molecular flexibility index (Phi) is 3.28. The van der Waals surface area contributed by atoms with Crippen molar-refractivity contribution in [3.8, 4) is 0 Å². The van der Waals surface area contributed by atoms with E-state index in [0.717, 1.165) is 33.6 Å². The molecular formula is C18H14ClN3. The Morgan fingerprint density at radius 3 is 2.77 bits per heavy atom. The fraction of sp³-hybridized carbons (Fsp3) is 0.111. The largest absolute Gasteiger partial charge is 0.302 e. The summed E-state index contributed by atoms with van der Waals surface area (Å²) in [5, 5.41) is 6.38.